The maximum absolute atomic E-state index is 9.70. The summed E-state index contributed by atoms with van der Waals surface area (Å²) in [5.74, 6) is -0.466. The standard InChI is InChI=1S/C9H16N2O4/c1-11(2)9-10-5-7(14)6(13)4(3-12)8(5)15-9/h4-8,12-14H,3H2,1-2H3/t4-,5+,6-,7+,8-/m0/s1. The molecule has 0 saturated heterocycles. The Morgan fingerprint density at radius 1 is 1.33 bits per heavy atom. The minimum Gasteiger partial charge on any atom is -0.459 e. The van der Waals surface area contributed by atoms with Crippen LogP contribution >= 0.6 is 0 Å². The molecule has 1 fully saturated rings. The van der Waals surface area contributed by atoms with Crippen molar-refractivity contribution in [3.8, 4) is 0 Å². The van der Waals surface area contributed by atoms with E-state index in [1.54, 1.807) is 19.0 Å². The number of aliphatic hydroxyl groups is 3. The molecule has 0 aromatic rings. The van der Waals surface area contributed by atoms with Crippen LogP contribution in [0.5, 0.6) is 0 Å². The van der Waals surface area contributed by atoms with Crippen LogP contribution in [0.15, 0.2) is 4.99 Å². The highest BCUT2D eigenvalue weighted by Crippen LogP contribution is 2.35. The Balaban J connectivity index is 2.19. The highest BCUT2D eigenvalue weighted by atomic mass is 16.5. The van der Waals surface area contributed by atoms with Gasteiger partial charge in [0, 0.05) is 14.1 Å². The third kappa shape index (κ3) is 1.49. The van der Waals surface area contributed by atoms with Crippen LogP contribution in [0.3, 0.4) is 0 Å². The van der Waals surface area contributed by atoms with Crippen molar-refractivity contribution in [2.24, 2.45) is 10.9 Å². The highest BCUT2D eigenvalue weighted by Gasteiger charge is 2.54. The minimum absolute atomic E-state index is 0.213. The second-order valence-electron chi connectivity index (χ2n) is 4.21. The van der Waals surface area contributed by atoms with Crippen molar-refractivity contribution in [2.45, 2.75) is 24.4 Å². The summed E-state index contributed by atoms with van der Waals surface area (Å²) in [4.78, 5) is 5.88. The van der Waals surface area contributed by atoms with Gasteiger partial charge in [0.15, 0.2) is 0 Å². The predicted molar refractivity (Wildman–Crippen MR) is 52.4 cm³/mol. The summed E-state index contributed by atoms with van der Waals surface area (Å²) in [6.07, 6.45) is -2.33. The molecule has 1 saturated carbocycles. The lowest BCUT2D eigenvalue weighted by atomic mass is 10.1. The van der Waals surface area contributed by atoms with Gasteiger partial charge in [-0.25, -0.2) is 4.99 Å². The second-order valence-corrected chi connectivity index (χ2v) is 4.21. The molecule has 6 nitrogen and oxygen atoms in total. The Hall–Kier alpha value is -0.850. The van der Waals surface area contributed by atoms with Crippen molar-refractivity contribution in [1.82, 2.24) is 4.90 Å². The molecule has 0 aromatic heterocycles. The molecule has 0 unspecified atom stereocenters. The number of hydrogen-bond donors (Lipinski definition) is 3. The van der Waals surface area contributed by atoms with Gasteiger partial charge in [-0.05, 0) is 0 Å². The second kappa shape index (κ2) is 3.62. The van der Waals surface area contributed by atoms with Gasteiger partial charge < -0.3 is 25.0 Å². The van der Waals surface area contributed by atoms with Gasteiger partial charge in [0.05, 0.1) is 18.6 Å². The summed E-state index contributed by atoms with van der Waals surface area (Å²) >= 11 is 0. The first kappa shape index (κ1) is 10.7. The Kier molecular flexibility index (Phi) is 2.57. The van der Waals surface area contributed by atoms with Crippen LogP contribution in [0.1, 0.15) is 0 Å². The molecule has 15 heavy (non-hydrogen) atoms. The molecular weight excluding hydrogens is 200 g/mol. The van der Waals surface area contributed by atoms with Crippen LogP contribution in [0.25, 0.3) is 0 Å². The number of aliphatic imine (C=N–C) groups is 1. The number of aliphatic hydroxyl groups excluding tert-OH is 3. The summed E-state index contributed by atoms with van der Waals surface area (Å²) in [5, 5.41) is 28.4. The van der Waals surface area contributed by atoms with Crippen molar-refractivity contribution in [1.29, 1.82) is 0 Å². The van der Waals surface area contributed by atoms with Gasteiger partial charge in [-0.3, -0.25) is 0 Å². The van der Waals surface area contributed by atoms with E-state index in [9.17, 15) is 10.2 Å². The van der Waals surface area contributed by atoms with Gasteiger partial charge in [0.2, 0.25) is 0 Å². The molecule has 0 bridgehead atoms. The quantitative estimate of drug-likeness (QED) is 0.473. The number of nitrogens with zero attached hydrogens (tertiary/aromatic N) is 2. The molecule has 5 atom stereocenters. The van der Waals surface area contributed by atoms with Gasteiger partial charge in [0.1, 0.15) is 18.2 Å². The highest BCUT2D eigenvalue weighted by molar-refractivity contribution is 5.75. The maximum atomic E-state index is 9.70. The van der Waals surface area contributed by atoms with E-state index in [0.29, 0.717) is 6.02 Å². The van der Waals surface area contributed by atoms with Gasteiger partial charge in [-0.2, -0.15) is 0 Å². The molecule has 2 aliphatic rings. The molecule has 0 radical (unpaired) electrons. The minimum atomic E-state index is -0.961. The van der Waals surface area contributed by atoms with E-state index in [4.69, 9.17) is 9.84 Å². The van der Waals surface area contributed by atoms with Crippen LogP contribution in [0.2, 0.25) is 0 Å². The van der Waals surface area contributed by atoms with E-state index in [0.717, 1.165) is 0 Å². The predicted octanol–water partition coefficient (Wildman–Crippen LogP) is -1.98. The summed E-state index contributed by atoms with van der Waals surface area (Å²) in [6.45, 7) is -0.213. The molecule has 2 rings (SSSR count). The molecule has 0 amide bonds. The van der Waals surface area contributed by atoms with Crippen molar-refractivity contribution in [3.63, 3.8) is 0 Å². The van der Waals surface area contributed by atoms with Crippen LogP contribution in [0, 0.1) is 5.92 Å². The Morgan fingerprint density at radius 3 is 2.53 bits per heavy atom. The number of amidine groups is 1. The Labute approximate surface area is 87.8 Å². The fourth-order valence-corrected chi connectivity index (χ4v) is 2.12. The lowest BCUT2D eigenvalue weighted by Crippen LogP contribution is -2.34. The number of rotatable bonds is 1. The van der Waals surface area contributed by atoms with E-state index in [1.807, 2.05) is 0 Å². The molecule has 0 aromatic carbocycles. The zero-order valence-electron chi connectivity index (χ0n) is 8.74. The van der Waals surface area contributed by atoms with E-state index >= 15 is 0 Å². The molecule has 1 aliphatic heterocycles. The van der Waals surface area contributed by atoms with Crippen LogP contribution in [0.4, 0.5) is 0 Å². The third-order valence-corrected chi connectivity index (χ3v) is 2.99. The average Bonchev–Trinajstić information content (AvgIpc) is 2.69. The topological polar surface area (TPSA) is 85.5 Å². The Morgan fingerprint density at radius 2 is 2.00 bits per heavy atom. The maximum Gasteiger partial charge on any atom is 0.287 e. The third-order valence-electron chi connectivity index (χ3n) is 2.99. The zero-order chi connectivity index (χ0) is 11.2. The monoisotopic (exact) mass is 216 g/mol. The van der Waals surface area contributed by atoms with E-state index in [2.05, 4.69) is 4.99 Å². The van der Waals surface area contributed by atoms with E-state index < -0.39 is 30.3 Å². The summed E-state index contributed by atoms with van der Waals surface area (Å²) in [6, 6.07) is -0.0241. The molecular formula is C9H16N2O4. The lowest BCUT2D eigenvalue weighted by Gasteiger charge is -2.20. The van der Waals surface area contributed by atoms with Crippen LogP contribution < -0.4 is 0 Å². The lowest BCUT2D eigenvalue weighted by molar-refractivity contribution is -0.00812. The van der Waals surface area contributed by atoms with Crippen molar-refractivity contribution >= 4 is 6.02 Å². The number of fused-ring (bicyclic) bond motifs is 1. The molecule has 1 aliphatic carbocycles. The zero-order valence-corrected chi connectivity index (χ0v) is 8.74. The van der Waals surface area contributed by atoms with Crippen molar-refractivity contribution in [2.75, 3.05) is 20.7 Å². The smallest absolute Gasteiger partial charge is 0.287 e. The van der Waals surface area contributed by atoms with Gasteiger partial charge in [-0.1, -0.05) is 0 Å². The number of ether oxygens (including phenoxy) is 1. The number of hydrogen-bond acceptors (Lipinski definition) is 6. The van der Waals surface area contributed by atoms with Gasteiger partial charge in [-0.15, -0.1) is 0 Å². The van der Waals surface area contributed by atoms with Gasteiger partial charge in [0.25, 0.3) is 6.02 Å². The largest absolute Gasteiger partial charge is 0.459 e. The molecule has 86 valence electrons. The van der Waals surface area contributed by atoms with Crippen molar-refractivity contribution < 1.29 is 20.1 Å². The fourth-order valence-electron chi connectivity index (χ4n) is 2.12. The summed E-state index contributed by atoms with van der Waals surface area (Å²) in [7, 11) is 3.58. The Bertz CT molecular complexity index is 281. The van der Waals surface area contributed by atoms with E-state index in [-0.39, 0.29) is 6.61 Å². The van der Waals surface area contributed by atoms with Crippen molar-refractivity contribution in [3.05, 3.63) is 0 Å². The summed E-state index contributed by atoms with van der Waals surface area (Å²) in [5.41, 5.74) is 0. The first-order chi connectivity index (χ1) is 7.06. The SMILES string of the molecule is CN(C)C1=N[C@@H]2[C@@H](O)[C@@H](O)[C@H](CO)[C@@H]2O1. The van der Waals surface area contributed by atoms with Crippen LogP contribution in [-0.2, 0) is 4.74 Å². The molecule has 3 N–H and O–H groups in total. The van der Waals surface area contributed by atoms with Crippen LogP contribution in [-0.4, -0.2) is 71.3 Å². The molecule has 1 heterocycles. The van der Waals surface area contributed by atoms with E-state index in [1.165, 1.54) is 0 Å². The first-order valence-electron chi connectivity index (χ1n) is 4.95. The normalized spacial score (nSPS) is 43.5. The average molecular weight is 216 g/mol. The molecule has 6 heteroatoms. The first-order valence-corrected chi connectivity index (χ1v) is 4.95. The van der Waals surface area contributed by atoms with Gasteiger partial charge >= 0.3 is 0 Å². The summed E-state index contributed by atoms with van der Waals surface area (Å²) < 4.78 is 5.49. The fraction of sp³-hybridized carbons (Fsp3) is 0.889. The molecule has 0 spiro atoms.